The van der Waals surface area contributed by atoms with Gasteiger partial charge >= 0.3 is 0 Å². The lowest BCUT2D eigenvalue weighted by Crippen LogP contribution is -2.44. The Morgan fingerprint density at radius 3 is 3.08 bits per heavy atom. The standard InChI is InChI=1S/C18H19ClN4O/c1-13-12-24-17(14-4-2-5-15(19)8-14)11-23(13)10-16-9-22-7-3-6-20-18(22)21-16/h2-9,13,17H,10-12H2,1H3/t13-,17+/m1/s1. The average Bonchev–Trinajstić information content (AvgIpc) is 2.99. The smallest absolute Gasteiger partial charge is 0.233 e. The zero-order valence-electron chi connectivity index (χ0n) is 13.5. The van der Waals surface area contributed by atoms with Crippen molar-refractivity contribution in [3.8, 4) is 0 Å². The normalized spacial score (nSPS) is 22.1. The van der Waals surface area contributed by atoms with E-state index in [-0.39, 0.29) is 6.10 Å². The molecule has 6 heteroatoms. The van der Waals surface area contributed by atoms with Crippen molar-refractivity contribution in [1.29, 1.82) is 0 Å². The van der Waals surface area contributed by atoms with Crippen LogP contribution in [0.3, 0.4) is 0 Å². The fraction of sp³-hybridized carbons (Fsp3) is 0.333. The van der Waals surface area contributed by atoms with Gasteiger partial charge < -0.3 is 4.74 Å². The van der Waals surface area contributed by atoms with Gasteiger partial charge in [0.15, 0.2) is 0 Å². The lowest BCUT2D eigenvalue weighted by Gasteiger charge is -2.37. The van der Waals surface area contributed by atoms with Crippen LogP contribution < -0.4 is 0 Å². The Morgan fingerprint density at radius 1 is 1.33 bits per heavy atom. The number of halogens is 1. The molecule has 4 rings (SSSR count). The zero-order valence-corrected chi connectivity index (χ0v) is 14.2. The molecule has 124 valence electrons. The summed E-state index contributed by atoms with van der Waals surface area (Å²) in [7, 11) is 0. The molecule has 24 heavy (non-hydrogen) atoms. The van der Waals surface area contributed by atoms with Crippen LogP contribution in [0, 0.1) is 0 Å². The molecule has 0 N–H and O–H groups in total. The van der Waals surface area contributed by atoms with Crippen LogP contribution >= 0.6 is 11.6 Å². The number of imidazole rings is 1. The van der Waals surface area contributed by atoms with E-state index in [4.69, 9.17) is 16.3 Å². The van der Waals surface area contributed by atoms with E-state index in [0.29, 0.717) is 12.6 Å². The molecular weight excluding hydrogens is 324 g/mol. The van der Waals surface area contributed by atoms with Crippen LogP contribution in [0.4, 0.5) is 0 Å². The second-order valence-electron chi connectivity index (χ2n) is 6.21. The van der Waals surface area contributed by atoms with Crippen molar-refractivity contribution in [1.82, 2.24) is 19.3 Å². The molecule has 0 amide bonds. The van der Waals surface area contributed by atoms with Crippen LogP contribution in [0.25, 0.3) is 5.78 Å². The van der Waals surface area contributed by atoms with Crippen LogP contribution in [-0.2, 0) is 11.3 Å². The minimum Gasteiger partial charge on any atom is -0.371 e. The number of nitrogens with zero attached hydrogens (tertiary/aromatic N) is 4. The molecule has 0 radical (unpaired) electrons. The SMILES string of the molecule is C[C@@H]1CO[C@H](c2cccc(Cl)c2)CN1Cc1cn2cccnc2n1. The second kappa shape index (κ2) is 6.51. The number of hydrogen-bond donors (Lipinski definition) is 0. The second-order valence-corrected chi connectivity index (χ2v) is 6.65. The number of fused-ring (bicyclic) bond motifs is 1. The third-order valence-electron chi connectivity index (χ3n) is 4.43. The number of benzene rings is 1. The van der Waals surface area contributed by atoms with E-state index >= 15 is 0 Å². The van der Waals surface area contributed by atoms with E-state index in [1.165, 1.54) is 0 Å². The Hall–Kier alpha value is -1.95. The highest BCUT2D eigenvalue weighted by atomic mass is 35.5. The van der Waals surface area contributed by atoms with Crippen LogP contribution in [0.5, 0.6) is 0 Å². The lowest BCUT2D eigenvalue weighted by molar-refractivity contribution is -0.0636. The van der Waals surface area contributed by atoms with Gasteiger partial charge in [0.25, 0.3) is 0 Å². The summed E-state index contributed by atoms with van der Waals surface area (Å²) in [6, 6.07) is 10.2. The van der Waals surface area contributed by atoms with Gasteiger partial charge in [-0.25, -0.2) is 9.97 Å². The summed E-state index contributed by atoms with van der Waals surface area (Å²) in [5.41, 5.74) is 2.14. The fourth-order valence-electron chi connectivity index (χ4n) is 3.10. The molecule has 0 bridgehead atoms. The van der Waals surface area contributed by atoms with Gasteiger partial charge in [-0.15, -0.1) is 0 Å². The van der Waals surface area contributed by atoms with Crippen molar-refractivity contribution in [2.45, 2.75) is 25.6 Å². The molecule has 1 aromatic carbocycles. The Bertz CT molecular complexity index is 817. The predicted molar refractivity (Wildman–Crippen MR) is 93.0 cm³/mol. The van der Waals surface area contributed by atoms with E-state index in [0.717, 1.165) is 35.1 Å². The summed E-state index contributed by atoms with van der Waals surface area (Å²) in [5, 5.41) is 0.743. The van der Waals surface area contributed by atoms with Crippen molar-refractivity contribution < 1.29 is 4.74 Å². The predicted octanol–water partition coefficient (Wildman–Crippen LogP) is 3.34. The van der Waals surface area contributed by atoms with Crippen LogP contribution in [0.1, 0.15) is 24.3 Å². The summed E-state index contributed by atoms with van der Waals surface area (Å²) < 4.78 is 7.97. The van der Waals surface area contributed by atoms with Gasteiger partial charge in [-0.3, -0.25) is 9.30 Å². The van der Waals surface area contributed by atoms with Gasteiger partial charge in [0, 0.05) is 42.7 Å². The Morgan fingerprint density at radius 2 is 2.25 bits per heavy atom. The largest absolute Gasteiger partial charge is 0.371 e. The van der Waals surface area contributed by atoms with E-state index in [2.05, 4.69) is 27.9 Å². The molecule has 3 heterocycles. The van der Waals surface area contributed by atoms with Crippen molar-refractivity contribution in [3.63, 3.8) is 0 Å². The highest BCUT2D eigenvalue weighted by Crippen LogP contribution is 2.27. The summed E-state index contributed by atoms with van der Waals surface area (Å²) in [5.74, 6) is 0.736. The third-order valence-corrected chi connectivity index (χ3v) is 4.67. The summed E-state index contributed by atoms with van der Waals surface area (Å²) in [6.07, 6.45) is 5.81. The van der Waals surface area contributed by atoms with Crippen molar-refractivity contribution in [2.24, 2.45) is 0 Å². The quantitative estimate of drug-likeness (QED) is 0.732. The molecule has 5 nitrogen and oxygen atoms in total. The van der Waals surface area contributed by atoms with Gasteiger partial charge in [-0.2, -0.15) is 0 Å². The minimum absolute atomic E-state index is 0.0371. The van der Waals surface area contributed by atoms with Gasteiger partial charge in [0.05, 0.1) is 18.4 Å². The molecule has 0 saturated carbocycles. The van der Waals surface area contributed by atoms with Gasteiger partial charge in [-0.05, 0) is 30.7 Å². The molecule has 0 spiro atoms. The maximum absolute atomic E-state index is 6.12. The number of ether oxygens (including phenoxy) is 1. The molecule has 1 aliphatic rings. The topological polar surface area (TPSA) is 42.7 Å². The molecule has 1 aliphatic heterocycles. The lowest BCUT2D eigenvalue weighted by atomic mass is 10.1. The first-order valence-corrected chi connectivity index (χ1v) is 8.46. The molecule has 0 unspecified atom stereocenters. The van der Waals surface area contributed by atoms with Crippen molar-refractivity contribution >= 4 is 17.4 Å². The van der Waals surface area contributed by atoms with E-state index in [1.807, 2.05) is 41.1 Å². The first kappa shape index (κ1) is 15.6. The molecule has 2 atom stereocenters. The van der Waals surface area contributed by atoms with E-state index in [9.17, 15) is 0 Å². The first-order valence-electron chi connectivity index (χ1n) is 8.09. The third kappa shape index (κ3) is 3.15. The van der Waals surface area contributed by atoms with E-state index in [1.54, 1.807) is 6.20 Å². The first-order chi connectivity index (χ1) is 11.7. The zero-order chi connectivity index (χ0) is 16.5. The van der Waals surface area contributed by atoms with Gasteiger partial charge in [0.2, 0.25) is 5.78 Å². The Balaban J connectivity index is 1.53. The maximum atomic E-state index is 6.12. The van der Waals surface area contributed by atoms with Crippen LogP contribution in [0.2, 0.25) is 5.02 Å². The molecule has 2 aromatic heterocycles. The molecule has 1 saturated heterocycles. The van der Waals surface area contributed by atoms with Crippen LogP contribution in [-0.4, -0.2) is 38.5 Å². The number of morpholine rings is 1. The molecule has 0 aliphatic carbocycles. The average molecular weight is 343 g/mol. The summed E-state index contributed by atoms with van der Waals surface area (Å²) in [6.45, 7) is 4.48. The minimum atomic E-state index is 0.0371. The number of hydrogen-bond acceptors (Lipinski definition) is 4. The Kier molecular flexibility index (Phi) is 4.22. The molecular formula is C18H19ClN4O. The van der Waals surface area contributed by atoms with Gasteiger partial charge in [-0.1, -0.05) is 23.7 Å². The van der Waals surface area contributed by atoms with Gasteiger partial charge in [0.1, 0.15) is 0 Å². The number of rotatable bonds is 3. The van der Waals surface area contributed by atoms with Crippen molar-refractivity contribution in [2.75, 3.05) is 13.2 Å². The highest BCUT2D eigenvalue weighted by Gasteiger charge is 2.27. The Labute approximate surface area is 145 Å². The number of aromatic nitrogens is 3. The monoisotopic (exact) mass is 342 g/mol. The molecule has 3 aromatic rings. The molecule has 1 fully saturated rings. The fourth-order valence-corrected chi connectivity index (χ4v) is 3.30. The maximum Gasteiger partial charge on any atom is 0.233 e. The van der Waals surface area contributed by atoms with Crippen molar-refractivity contribution in [3.05, 3.63) is 65.2 Å². The summed E-state index contributed by atoms with van der Waals surface area (Å²) in [4.78, 5) is 11.3. The highest BCUT2D eigenvalue weighted by molar-refractivity contribution is 6.30. The van der Waals surface area contributed by atoms with Crippen LogP contribution in [0.15, 0.2) is 48.9 Å². The summed E-state index contributed by atoms with van der Waals surface area (Å²) >= 11 is 6.12. The van der Waals surface area contributed by atoms with E-state index < -0.39 is 0 Å².